The molecule has 0 radical (unpaired) electrons. The Labute approximate surface area is 254 Å². The van der Waals surface area contributed by atoms with Gasteiger partial charge in [0, 0.05) is 45.2 Å². The van der Waals surface area contributed by atoms with Crippen molar-refractivity contribution >= 4 is 23.2 Å². The first-order chi connectivity index (χ1) is 20.8. The van der Waals surface area contributed by atoms with Crippen molar-refractivity contribution in [3.8, 4) is 5.75 Å². The summed E-state index contributed by atoms with van der Waals surface area (Å²) in [7, 11) is 1.87. The number of para-hydroxylation sites is 1. The standard InChI is InChI=1S/C36H41N3O4/c1-25(40)31-13-7-8-14-34(31)43-21-9-12-28-15-17-29(18-16-28)32-22-30-23-39(26(2)41)24-33(37-30)35(32)36(42)38(3)20-19-27-10-5-4-6-11-27/h4-8,10-11,13-18,30,33,37H,9,12,19-24H2,1-3H3/t30-,33-/m1/s1. The van der Waals surface area contributed by atoms with E-state index < -0.39 is 0 Å². The van der Waals surface area contributed by atoms with Gasteiger partial charge in [-0.15, -0.1) is 0 Å². The SMILES string of the molecule is CC(=O)c1ccccc1OCCCc1ccc(C2=C(C(=O)N(C)CCc3ccccc3)[C@H]3CN(C(C)=O)C[C@@H](C2)N3)cc1. The van der Waals surface area contributed by atoms with E-state index in [-0.39, 0.29) is 29.7 Å². The molecule has 224 valence electrons. The van der Waals surface area contributed by atoms with Crippen molar-refractivity contribution in [1.82, 2.24) is 15.1 Å². The van der Waals surface area contributed by atoms with Crippen LogP contribution in [0.2, 0.25) is 0 Å². The number of likely N-dealkylation sites (N-methyl/N-ethyl adjacent to an activating group) is 1. The van der Waals surface area contributed by atoms with E-state index in [4.69, 9.17) is 4.74 Å². The third-order valence-corrected chi connectivity index (χ3v) is 8.44. The fourth-order valence-corrected chi connectivity index (χ4v) is 6.09. The predicted octanol–water partition coefficient (Wildman–Crippen LogP) is 4.95. The highest BCUT2D eigenvalue weighted by atomic mass is 16.5. The number of amides is 2. The molecule has 2 amide bonds. The Kier molecular flexibility index (Phi) is 9.72. The molecule has 5 rings (SSSR count). The highest BCUT2D eigenvalue weighted by Gasteiger charge is 2.39. The molecular formula is C36H41N3O4. The number of fused-ring (bicyclic) bond motifs is 2. The zero-order valence-corrected chi connectivity index (χ0v) is 25.3. The molecule has 0 aliphatic carbocycles. The van der Waals surface area contributed by atoms with E-state index >= 15 is 0 Å². The maximum absolute atomic E-state index is 14.0. The molecule has 2 aliphatic rings. The topological polar surface area (TPSA) is 79.0 Å². The van der Waals surface area contributed by atoms with Gasteiger partial charge in [-0.3, -0.25) is 14.4 Å². The fraction of sp³-hybridized carbons (Fsp3) is 0.361. The molecule has 2 bridgehead atoms. The number of hydrogen-bond donors (Lipinski definition) is 1. The Morgan fingerprint density at radius 2 is 1.58 bits per heavy atom. The Morgan fingerprint density at radius 1 is 0.884 bits per heavy atom. The van der Waals surface area contributed by atoms with Crippen molar-refractivity contribution in [3.63, 3.8) is 0 Å². The van der Waals surface area contributed by atoms with Crippen LogP contribution >= 0.6 is 0 Å². The predicted molar refractivity (Wildman–Crippen MR) is 169 cm³/mol. The first kappa shape index (κ1) is 30.2. The second kappa shape index (κ2) is 13.8. The number of benzene rings is 3. The van der Waals surface area contributed by atoms with E-state index in [1.54, 1.807) is 19.9 Å². The highest BCUT2D eigenvalue weighted by molar-refractivity contribution is 6.03. The molecule has 1 fully saturated rings. The number of carbonyl (C=O) groups is 3. The van der Waals surface area contributed by atoms with E-state index in [2.05, 4.69) is 41.7 Å². The Balaban J connectivity index is 1.30. The summed E-state index contributed by atoms with van der Waals surface area (Å²) < 4.78 is 5.91. The number of aryl methyl sites for hydroxylation is 1. The normalized spacial score (nSPS) is 17.9. The van der Waals surface area contributed by atoms with Gasteiger partial charge in [-0.05, 0) is 67.0 Å². The van der Waals surface area contributed by atoms with Crippen LogP contribution in [0.4, 0.5) is 0 Å². The lowest BCUT2D eigenvalue weighted by Crippen LogP contribution is -2.61. The van der Waals surface area contributed by atoms with Crippen molar-refractivity contribution in [2.75, 3.05) is 33.3 Å². The molecule has 7 nitrogen and oxygen atoms in total. The third-order valence-electron chi connectivity index (χ3n) is 8.44. The average molecular weight is 580 g/mol. The molecule has 43 heavy (non-hydrogen) atoms. The van der Waals surface area contributed by atoms with Crippen molar-refractivity contribution in [3.05, 3.63) is 107 Å². The number of rotatable bonds is 11. The molecule has 0 saturated carbocycles. The van der Waals surface area contributed by atoms with E-state index in [0.29, 0.717) is 44.0 Å². The quantitative estimate of drug-likeness (QED) is 0.257. The second-order valence-corrected chi connectivity index (χ2v) is 11.6. The second-order valence-electron chi connectivity index (χ2n) is 11.6. The summed E-state index contributed by atoms with van der Waals surface area (Å²) in [5.41, 5.74) is 5.89. The zero-order valence-electron chi connectivity index (χ0n) is 25.3. The Hall–Kier alpha value is -4.23. The van der Waals surface area contributed by atoms with Crippen molar-refractivity contribution in [2.24, 2.45) is 0 Å². The number of Topliss-reactive ketones (excluding diaryl/α,β-unsaturated/α-hetero) is 1. The molecule has 3 aromatic rings. The summed E-state index contributed by atoms with van der Waals surface area (Å²) in [6, 6.07) is 26.0. The van der Waals surface area contributed by atoms with Gasteiger partial charge in [-0.25, -0.2) is 0 Å². The van der Waals surface area contributed by atoms with E-state index in [9.17, 15) is 14.4 Å². The van der Waals surface area contributed by atoms with Crippen LogP contribution in [0.5, 0.6) is 5.75 Å². The number of ether oxygens (including phenoxy) is 1. The molecule has 2 atom stereocenters. The van der Waals surface area contributed by atoms with Crippen LogP contribution < -0.4 is 10.1 Å². The lowest BCUT2D eigenvalue weighted by Gasteiger charge is -2.44. The van der Waals surface area contributed by atoms with Crippen LogP contribution in [0.1, 0.15) is 53.7 Å². The molecule has 0 spiro atoms. The van der Waals surface area contributed by atoms with E-state index in [0.717, 1.165) is 36.0 Å². The summed E-state index contributed by atoms with van der Waals surface area (Å²) in [5, 5.41) is 3.63. The van der Waals surface area contributed by atoms with Crippen molar-refractivity contribution in [1.29, 1.82) is 0 Å². The number of nitrogens with zero attached hydrogens (tertiary/aromatic N) is 2. The number of carbonyl (C=O) groups excluding carboxylic acids is 3. The smallest absolute Gasteiger partial charge is 0.251 e. The minimum absolute atomic E-state index is 0.00298. The van der Waals surface area contributed by atoms with Crippen molar-refractivity contribution < 1.29 is 19.1 Å². The van der Waals surface area contributed by atoms with Gasteiger partial charge in [0.25, 0.3) is 5.91 Å². The number of hydrogen-bond acceptors (Lipinski definition) is 5. The van der Waals surface area contributed by atoms with Gasteiger partial charge >= 0.3 is 0 Å². The maximum Gasteiger partial charge on any atom is 0.251 e. The number of piperazine rings is 1. The minimum atomic E-state index is -0.201. The van der Waals surface area contributed by atoms with Crippen LogP contribution in [0, 0.1) is 0 Å². The van der Waals surface area contributed by atoms with Gasteiger partial charge in [0.1, 0.15) is 5.75 Å². The zero-order chi connectivity index (χ0) is 30.3. The summed E-state index contributed by atoms with van der Waals surface area (Å²) in [5.74, 6) is 0.682. The summed E-state index contributed by atoms with van der Waals surface area (Å²) >= 11 is 0. The molecule has 3 aromatic carbocycles. The summed E-state index contributed by atoms with van der Waals surface area (Å²) in [4.78, 5) is 41.8. The third kappa shape index (κ3) is 7.41. The molecule has 2 aliphatic heterocycles. The van der Waals surface area contributed by atoms with Crippen LogP contribution in [-0.4, -0.2) is 72.8 Å². The first-order valence-electron chi connectivity index (χ1n) is 15.2. The summed E-state index contributed by atoms with van der Waals surface area (Å²) in [6.07, 6.45) is 3.14. The molecule has 0 unspecified atom stereocenters. The first-order valence-corrected chi connectivity index (χ1v) is 15.2. The highest BCUT2D eigenvalue weighted by Crippen LogP contribution is 2.34. The minimum Gasteiger partial charge on any atom is -0.493 e. The molecule has 0 aromatic heterocycles. The van der Waals surface area contributed by atoms with E-state index in [1.807, 2.05) is 53.2 Å². The molecule has 7 heteroatoms. The van der Waals surface area contributed by atoms with Crippen LogP contribution in [0.25, 0.3) is 5.57 Å². The van der Waals surface area contributed by atoms with Crippen molar-refractivity contribution in [2.45, 2.75) is 51.6 Å². The van der Waals surface area contributed by atoms with Crippen LogP contribution in [0.15, 0.2) is 84.4 Å². The van der Waals surface area contributed by atoms with Crippen LogP contribution in [-0.2, 0) is 22.4 Å². The lowest BCUT2D eigenvalue weighted by atomic mass is 9.82. The van der Waals surface area contributed by atoms with Crippen LogP contribution in [0.3, 0.4) is 0 Å². The largest absolute Gasteiger partial charge is 0.493 e. The van der Waals surface area contributed by atoms with Gasteiger partial charge in [-0.1, -0.05) is 66.7 Å². The summed E-state index contributed by atoms with van der Waals surface area (Å²) in [6.45, 7) is 5.43. The van der Waals surface area contributed by atoms with Gasteiger partial charge in [0.15, 0.2) is 5.78 Å². The Bertz CT molecular complexity index is 1480. The van der Waals surface area contributed by atoms with Gasteiger partial charge in [-0.2, -0.15) is 0 Å². The van der Waals surface area contributed by atoms with Gasteiger partial charge < -0.3 is 19.9 Å². The monoisotopic (exact) mass is 579 g/mol. The maximum atomic E-state index is 14.0. The van der Waals surface area contributed by atoms with E-state index in [1.165, 1.54) is 11.1 Å². The molecule has 2 heterocycles. The average Bonchev–Trinajstić information content (AvgIpc) is 3.02. The fourth-order valence-electron chi connectivity index (χ4n) is 6.09. The molecular weight excluding hydrogens is 538 g/mol. The molecule has 1 saturated heterocycles. The van der Waals surface area contributed by atoms with Gasteiger partial charge in [0.05, 0.1) is 18.2 Å². The molecule has 1 N–H and O–H groups in total. The number of ketones is 1. The van der Waals surface area contributed by atoms with Gasteiger partial charge in [0.2, 0.25) is 5.91 Å². The Morgan fingerprint density at radius 3 is 2.30 bits per heavy atom. The lowest BCUT2D eigenvalue weighted by molar-refractivity contribution is -0.132. The number of nitrogens with one attached hydrogen (secondary N) is 1.